The molecule has 0 saturated heterocycles. The van der Waals surface area contributed by atoms with E-state index in [1.165, 1.54) is 0 Å². The lowest BCUT2D eigenvalue weighted by Gasteiger charge is -2.38. The minimum absolute atomic E-state index is 0.0273. The molecule has 170 valence electrons. The summed E-state index contributed by atoms with van der Waals surface area (Å²) in [6.45, 7) is 1.73. The van der Waals surface area contributed by atoms with E-state index in [0.29, 0.717) is 11.4 Å². The molecular formula is C22H23FN8O2. The molecule has 1 fully saturated rings. The number of amides is 1. The number of aromatic nitrogens is 4. The molecular weight excluding hydrogens is 427 g/mol. The smallest absolute Gasteiger partial charge is 0.404 e. The van der Waals surface area contributed by atoms with Crippen LogP contribution in [-0.4, -0.2) is 43.0 Å². The predicted octanol–water partition coefficient (Wildman–Crippen LogP) is 3.65. The van der Waals surface area contributed by atoms with E-state index >= 15 is 0 Å². The monoisotopic (exact) mass is 450 g/mol. The Morgan fingerprint density at radius 2 is 2.15 bits per heavy atom. The fraction of sp³-hybridized carbons (Fsp3) is 0.318. The third-order valence-electron chi connectivity index (χ3n) is 5.70. The molecule has 0 unspecified atom stereocenters. The van der Waals surface area contributed by atoms with Crippen molar-refractivity contribution in [3.63, 3.8) is 0 Å². The largest absolute Gasteiger partial charge is 0.465 e. The van der Waals surface area contributed by atoms with Crippen molar-refractivity contribution in [1.82, 2.24) is 25.1 Å². The molecule has 1 aliphatic rings. The van der Waals surface area contributed by atoms with Gasteiger partial charge in [-0.2, -0.15) is 10.4 Å². The lowest BCUT2D eigenvalue weighted by Crippen LogP contribution is -2.50. The molecule has 1 saturated carbocycles. The zero-order chi connectivity index (χ0) is 23.4. The van der Waals surface area contributed by atoms with Gasteiger partial charge >= 0.3 is 6.09 Å². The quantitative estimate of drug-likeness (QED) is 0.408. The fourth-order valence-electron chi connectivity index (χ4n) is 3.84. The molecule has 3 heterocycles. The van der Waals surface area contributed by atoms with Gasteiger partial charge in [-0.25, -0.2) is 18.9 Å². The SMILES string of the molecule is C[C@H](NC(=O)O)[C@H](Nc1nc(Nc2cncc(-n3cccn3)c2)c(C#N)cc1F)C1CCC1. The average Bonchev–Trinajstić information content (AvgIpc) is 3.28. The van der Waals surface area contributed by atoms with Crippen molar-refractivity contribution in [2.24, 2.45) is 5.92 Å². The second-order valence-corrected chi connectivity index (χ2v) is 7.93. The number of anilines is 3. The van der Waals surface area contributed by atoms with Gasteiger partial charge in [-0.3, -0.25) is 4.98 Å². The van der Waals surface area contributed by atoms with Crippen molar-refractivity contribution in [2.45, 2.75) is 38.3 Å². The van der Waals surface area contributed by atoms with Crippen LogP contribution in [0.4, 0.5) is 26.5 Å². The van der Waals surface area contributed by atoms with Crippen molar-refractivity contribution >= 4 is 23.4 Å². The Balaban J connectivity index is 1.61. The Hall–Kier alpha value is -4.20. The first-order chi connectivity index (χ1) is 15.9. The van der Waals surface area contributed by atoms with Gasteiger partial charge in [0.2, 0.25) is 0 Å². The molecule has 10 nitrogen and oxygen atoms in total. The van der Waals surface area contributed by atoms with E-state index < -0.39 is 18.0 Å². The highest BCUT2D eigenvalue weighted by Crippen LogP contribution is 2.33. The van der Waals surface area contributed by atoms with Gasteiger partial charge in [0, 0.05) is 18.4 Å². The van der Waals surface area contributed by atoms with Crippen LogP contribution in [0.15, 0.2) is 43.0 Å². The van der Waals surface area contributed by atoms with E-state index in [0.717, 1.165) is 25.3 Å². The Bertz CT molecular complexity index is 1170. The minimum atomic E-state index is -1.14. The number of halogens is 1. The van der Waals surface area contributed by atoms with Crippen molar-refractivity contribution in [3.05, 3.63) is 54.4 Å². The number of nitriles is 1. The highest BCUT2D eigenvalue weighted by Gasteiger charge is 2.33. The van der Waals surface area contributed by atoms with Crippen LogP contribution in [0.3, 0.4) is 0 Å². The van der Waals surface area contributed by atoms with E-state index in [1.807, 2.05) is 6.07 Å². The summed E-state index contributed by atoms with van der Waals surface area (Å²) in [7, 11) is 0. The van der Waals surface area contributed by atoms with E-state index in [1.54, 1.807) is 48.5 Å². The van der Waals surface area contributed by atoms with Gasteiger partial charge in [0.25, 0.3) is 0 Å². The lowest BCUT2D eigenvalue weighted by atomic mass is 9.77. The molecule has 1 aliphatic carbocycles. The molecule has 4 rings (SSSR count). The van der Waals surface area contributed by atoms with Crippen molar-refractivity contribution in [2.75, 3.05) is 10.6 Å². The lowest BCUT2D eigenvalue weighted by molar-refractivity contribution is 0.180. The molecule has 2 atom stereocenters. The zero-order valence-electron chi connectivity index (χ0n) is 17.9. The number of rotatable bonds is 8. The van der Waals surface area contributed by atoms with Crippen LogP contribution in [-0.2, 0) is 0 Å². The summed E-state index contributed by atoms with van der Waals surface area (Å²) >= 11 is 0. The number of carboxylic acid groups (broad SMARTS) is 1. The number of hydrogen-bond donors (Lipinski definition) is 4. The minimum Gasteiger partial charge on any atom is -0.465 e. The van der Waals surface area contributed by atoms with Gasteiger partial charge in [0.05, 0.1) is 35.4 Å². The molecule has 4 N–H and O–H groups in total. The molecule has 0 aromatic carbocycles. The van der Waals surface area contributed by atoms with Crippen molar-refractivity contribution in [1.29, 1.82) is 5.26 Å². The number of pyridine rings is 2. The normalized spacial score (nSPS) is 15.1. The standard InChI is InChI=1S/C22H23FN8O2/c1-13(27-22(32)33)19(14-4-2-5-14)29-21-18(23)8-15(10-24)20(30-21)28-16-9-17(12-25-11-16)31-7-3-6-26-31/h3,6-9,11-14,19,27H,2,4-5H2,1H3,(H,32,33)(H2,28,29,30)/t13-,19-/m0/s1. The van der Waals surface area contributed by atoms with Crippen LogP contribution in [0.2, 0.25) is 0 Å². The summed E-state index contributed by atoms with van der Waals surface area (Å²) in [6, 6.07) is 5.81. The van der Waals surface area contributed by atoms with Crippen LogP contribution >= 0.6 is 0 Å². The number of nitrogens with zero attached hydrogens (tertiary/aromatic N) is 5. The third kappa shape index (κ3) is 5.01. The predicted molar refractivity (Wildman–Crippen MR) is 119 cm³/mol. The average molecular weight is 450 g/mol. The highest BCUT2D eigenvalue weighted by molar-refractivity contribution is 5.67. The van der Waals surface area contributed by atoms with Gasteiger partial charge in [0.15, 0.2) is 17.5 Å². The Kier molecular flexibility index (Phi) is 6.35. The number of nitrogens with one attached hydrogen (secondary N) is 3. The Morgan fingerprint density at radius 1 is 1.33 bits per heavy atom. The second-order valence-electron chi connectivity index (χ2n) is 7.93. The zero-order valence-corrected chi connectivity index (χ0v) is 17.9. The van der Waals surface area contributed by atoms with Gasteiger partial charge in [0.1, 0.15) is 6.07 Å². The maximum absolute atomic E-state index is 14.8. The molecule has 33 heavy (non-hydrogen) atoms. The van der Waals surface area contributed by atoms with E-state index in [2.05, 4.69) is 31.0 Å². The summed E-state index contributed by atoms with van der Waals surface area (Å²) in [4.78, 5) is 19.6. The first-order valence-corrected chi connectivity index (χ1v) is 10.5. The molecule has 11 heteroatoms. The van der Waals surface area contributed by atoms with Crippen LogP contribution in [0.5, 0.6) is 0 Å². The number of hydrogen-bond acceptors (Lipinski definition) is 7. The molecule has 1 amide bonds. The summed E-state index contributed by atoms with van der Waals surface area (Å²) in [5.74, 6) is -0.391. The van der Waals surface area contributed by atoms with Gasteiger partial charge in [-0.15, -0.1) is 0 Å². The third-order valence-corrected chi connectivity index (χ3v) is 5.70. The molecule has 0 aliphatic heterocycles. The molecule has 0 radical (unpaired) electrons. The van der Waals surface area contributed by atoms with Gasteiger partial charge < -0.3 is 21.1 Å². The van der Waals surface area contributed by atoms with Crippen molar-refractivity contribution < 1.29 is 14.3 Å². The van der Waals surface area contributed by atoms with Crippen LogP contribution < -0.4 is 16.0 Å². The Morgan fingerprint density at radius 3 is 2.79 bits per heavy atom. The van der Waals surface area contributed by atoms with E-state index in [4.69, 9.17) is 5.11 Å². The summed E-state index contributed by atoms with van der Waals surface area (Å²) < 4.78 is 16.4. The van der Waals surface area contributed by atoms with Crippen LogP contribution in [0, 0.1) is 23.1 Å². The van der Waals surface area contributed by atoms with Crippen molar-refractivity contribution in [3.8, 4) is 11.8 Å². The van der Waals surface area contributed by atoms with Gasteiger partial charge in [-0.05, 0) is 43.9 Å². The molecule has 0 bridgehead atoms. The van der Waals surface area contributed by atoms with Crippen LogP contribution in [0.25, 0.3) is 5.69 Å². The van der Waals surface area contributed by atoms with Gasteiger partial charge in [-0.1, -0.05) is 6.42 Å². The summed E-state index contributed by atoms with van der Waals surface area (Å²) in [5.41, 5.74) is 1.27. The summed E-state index contributed by atoms with van der Waals surface area (Å²) in [5, 5.41) is 31.3. The maximum atomic E-state index is 14.8. The first-order valence-electron chi connectivity index (χ1n) is 10.5. The summed E-state index contributed by atoms with van der Waals surface area (Å²) in [6.07, 6.45) is 8.33. The number of carbonyl (C=O) groups is 1. The Labute approximate surface area is 189 Å². The molecule has 3 aromatic heterocycles. The fourth-order valence-corrected chi connectivity index (χ4v) is 3.84. The van der Waals surface area contributed by atoms with E-state index in [-0.39, 0.29) is 29.2 Å². The molecule has 3 aromatic rings. The van der Waals surface area contributed by atoms with E-state index in [9.17, 15) is 14.4 Å². The van der Waals surface area contributed by atoms with Crippen LogP contribution in [0.1, 0.15) is 31.7 Å². The topological polar surface area (TPSA) is 141 Å². The highest BCUT2D eigenvalue weighted by atomic mass is 19.1. The second kappa shape index (κ2) is 9.52. The molecule has 0 spiro atoms. The first kappa shape index (κ1) is 22.0. The maximum Gasteiger partial charge on any atom is 0.404 e.